The van der Waals surface area contributed by atoms with Gasteiger partial charge in [0.05, 0.1) is 5.56 Å². The lowest BCUT2D eigenvalue weighted by Gasteiger charge is -2.10. The van der Waals surface area contributed by atoms with Gasteiger partial charge in [0, 0.05) is 24.5 Å². The number of halogens is 3. The van der Waals surface area contributed by atoms with Crippen molar-refractivity contribution < 1.29 is 22.8 Å². The van der Waals surface area contributed by atoms with Gasteiger partial charge in [-0.3, -0.25) is 4.79 Å². The lowest BCUT2D eigenvalue weighted by Crippen LogP contribution is -2.31. The molecule has 126 valence electrons. The summed E-state index contributed by atoms with van der Waals surface area (Å²) in [7, 11) is 1.51. The lowest BCUT2D eigenvalue weighted by atomic mass is 10.1. The van der Waals surface area contributed by atoms with E-state index >= 15 is 0 Å². The maximum absolute atomic E-state index is 12.7. The molecule has 1 fully saturated rings. The topological polar surface area (TPSA) is 53.5 Å². The molecule has 9 heteroatoms. The Bertz CT molecular complexity index is 803. The van der Waals surface area contributed by atoms with Crippen LogP contribution in [-0.4, -0.2) is 35.4 Å². The summed E-state index contributed by atoms with van der Waals surface area (Å²) in [6.07, 6.45) is -2.68. The van der Waals surface area contributed by atoms with Gasteiger partial charge in [-0.25, -0.2) is 14.7 Å². The van der Waals surface area contributed by atoms with Gasteiger partial charge in [-0.2, -0.15) is 13.2 Å². The van der Waals surface area contributed by atoms with Crippen LogP contribution in [0.4, 0.5) is 23.1 Å². The number of anilines is 1. The van der Waals surface area contributed by atoms with Crippen molar-refractivity contribution in [2.24, 2.45) is 0 Å². The third kappa shape index (κ3) is 3.12. The fourth-order valence-electron chi connectivity index (χ4n) is 2.35. The van der Waals surface area contributed by atoms with Crippen LogP contribution in [0.3, 0.4) is 0 Å². The minimum absolute atomic E-state index is 0.0125. The number of benzene rings is 1. The van der Waals surface area contributed by atoms with Gasteiger partial charge in [0.25, 0.3) is 5.91 Å². The molecule has 0 N–H and O–H groups in total. The van der Waals surface area contributed by atoms with E-state index in [1.165, 1.54) is 24.2 Å². The van der Waals surface area contributed by atoms with Crippen molar-refractivity contribution in [3.05, 3.63) is 46.5 Å². The number of thiazole rings is 1. The summed E-state index contributed by atoms with van der Waals surface area (Å²) in [4.78, 5) is 30.7. The zero-order valence-electron chi connectivity index (χ0n) is 12.5. The van der Waals surface area contributed by atoms with Gasteiger partial charge in [0.15, 0.2) is 0 Å². The number of imide groups is 1. The van der Waals surface area contributed by atoms with Crippen LogP contribution in [-0.2, 0) is 17.4 Å². The molecule has 0 saturated carbocycles. The summed E-state index contributed by atoms with van der Waals surface area (Å²) >= 11 is 1.11. The zero-order chi connectivity index (χ0) is 17.5. The molecule has 2 aromatic rings. The fraction of sp³-hybridized carbons (Fsp3) is 0.267. The van der Waals surface area contributed by atoms with Crippen molar-refractivity contribution in [1.29, 1.82) is 0 Å². The third-order valence-corrected chi connectivity index (χ3v) is 4.49. The van der Waals surface area contributed by atoms with E-state index < -0.39 is 17.8 Å². The number of likely N-dealkylation sites (N-methyl/N-ethyl adjacent to an activating group) is 1. The van der Waals surface area contributed by atoms with Crippen LogP contribution < -0.4 is 4.90 Å². The molecule has 24 heavy (non-hydrogen) atoms. The molecule has 0 unspecified atom stereocenters. The van der Waals surface area contributed by atoms with Crippen molar-refractivity contribution in [3.8, 4) is 0 Å². The molecule has 0 atom stereocenters. The molecule has 0 aliphatic carbocycles. The zero-order valence-corrected chi connectivity index (χ0v) is 13.3. The predicted octanol–water partition coefficient (Wildman–Crippen LogP) is 3.15. The first kappa shape index (κ1) is 16.4. The highest BCUT2D eigenvalue weighted by molar-refractivity contribution is 7.16. The number of carbonyl (C=O) groups excluding carboxylic acids is 2. The van der Waals surface area contributed by atoms with Crippen LogP contribution in [0.1, 0.15) is 16.0 Å². The molecule has 1 aromatic carbocycles. The van der Waals surface area contributed by atoms with Gasteiger partial charge in [-0.15, -0.1) is 11.3 Å². The SMILES string of the molecule is CN1CC(=O)N(c2ncc(Cc3cccc(C(F)(F)F)c3)s2)C1=O. The molecule has 1 aliphatic rings. The first-order valence-electron chi connectivity index (χ1n) is 6.94. The second kappa shape index (κ2) is 5.90. The lowest BCUT2D eigenvalue weighted by molar-refractivity contribution is -0.137. The normalized spacial score (nSPS) is 15.5. The maximum atomic E-state index is 12.7. The van der Waals surface area contributed by atoms with E-state index in [-0.39, 0.29) is 24.0 Å². The summed E-state index contributed by atoms with van der Waals surface area (Å²) in [5.74, 6) is -0.373. The Morgan fingerprint density at radius 3 is 2.67 bits per heavy atom. The quantitative estimate of drug-likeness (QED) is 0.795. The van der Waals surface area contributed by atoms with Crippen LogP contribution >= 0.6 is 11.3 Å². The van der Waals surface area contributed by atoms with Gasteiger partial charge in [0.1, 0.15) is 6.54 Å². The first-order valence-corrected chi connectivity index (χ1v) is 7.76. The second-order valence-electron chi connectivity index (χ2n) is 5.35. The highest BCUT2D eigenvalue weighted by atomic mass is 32.1. The Morgan fingerprint density at radius 1 is 1.29 bits per heavy atom. The van der Waals surface area contributed by atoms with E-state index in [1.807, 2.05) is 0 Å². The molecular weight excluding hydrogens is 343 g/mol. The van der Waals surface area contributed by atoms with Crippen molar-refractivity contribution in [3.63, 3.8) is 0 Å². The Kier molecular flexibility index (Phi) is 4.04. The highest BCUT2D eigenvalue weighted by Crippen LogP contribution is 2.31. The average Bonchev–Trinajstić information content (AvgIpc) is 3.03. The van der Waals surface area contributed by atoms with Crippen molar-refractivity contribution in [2.45, 2.75) is 12.6 Å². The number of hydrogen-bond acceptors (Lipinski definition) is 4. The molecule has 3 amide bonds. The maximum Gasteiger partial charge on any atom is 0.416 e. The third-order valence-electron chi connectivity index (χ3n) is 3.50. The molecule has 1 aliphatic heterocycles. The molecule has 0 radical (unpaired) electrons. The standard InChI is InChI=1S/C15H12F3N3O2S/c1-20-8-12(22)21(14(20)23)13-19-7-11(24-13)6-9-3-2-4-10(5-9)15(16,17)18/h2-5,7H,6,8H2,1H3. The van der Waals surface area contributed by atoms with Crippen LogP contribution in [0.25, 0.3) is 0 Å². The molecule has 1 aromatic heterocycles. The predicted molar refractivity (Wildman–Crippen MR) is 81.9 cm³/mol. The molecule has 3 rings (SSSR count). The van der Waals surface area contributed by atoms with Gasteiger partial charge in [-0.1, -0.05) is 18.2 Å². The number of urea groups is 1. The van der Waals surface area contributed by atoms with Crippen molar-refractivity contribution >= 4 is 28.4 Å². The molecular formula is C15H12F3N3O2S. The van der Waals surface area contributed by atoms with E-state index in [4.69, 9.17) is 0 Å². The molecule has 1 saturated heterocycles. The minimum Gasteiger partial charge on any atom is -0.318 e. The van der Waals surface area contributed by atoms with E-state index in [1.54, 1.807) is 6.07 Å². The monoisotopic (exact) mass is 355 g/mol. The average molecular weight is 355 g/mol. The molecule has 5 nitrogen and oxygen atoms in total. The first-order chi connectivity index (χ1) is 11.3. The van der Waals surface area contributed by atoms with Crippen LogP contribution in [0.2, 0.25) is 0 Å². The summed E-state index contributed by atoms with van der Waals surface area (Å²) in [5.41, 5.74) is -0.229. The number of carbonyl (C=O) groups is 2. The summed E-state index contributed by atoms with van der Waals surface area (Å²) in [6, 6.07) is 4.58. The van der Waals surface area contributed by atoms with E-state index in [2.05, 4.69) is 4.98 Å². The number of rotatable bonds is 3. The Morgan fingerprint density at radius 2 is 2.04 bits per heavy atom. The van der Waals surface area contributed by atoms with E-state index in [9.17, 15) is 22.8 Å². The van der Waals surface area contributed by atoms with Crippen LogP contribution in [0, 0.1) is 0 Å². The van der Waals surface area contributed by atoms with Gasteiger partial charge < -0.3 is 4.90 Å². The molecule has 0 spiro atoms. The largest absolute Gasteiger partial charge is 0.416 e. The number of amides is 3. The summed E-state index contributed by atoms with van der Waals surface area (Å²) < 4.78 is 38.2. The molecule has 0 bridgehead atoms. The second-order valence-corrected chi connectivity index (χ2v) is 6.45. The van der Waals surface area contributed by atoms with Crippen molar-refractivity contribution in [2.75, 3.05) is 18.5 Å². The van der Waals surface area contributed by atoms with Gasteiger partial charge in [-0.05, 0) is 11.6 Å². The number of hydrogen-bond donors (Lipinski definition) is 0. The Balaban J connectivity index is 1.80. The van der Waals surface area contributed by atoms with Gasteiger partial charge in [0.2, 0.25) is 5.13 Å². The smallest absolute Gasteiger partial charge is 0.318 e. The summed E-state index contributed by atoms with van der Waals surface area (Å²) in [6.45, 7) is -0.0125. The number of nitrogens with zero attached hydrogens (tertiary/aromatic N) is 3. The fourth-order valence-corrected chi connectivity index (χ4v) is 3.30. The van der Waals surface area contributed by atoms with E-state index in [0.29, 0.717) is 10.4 Å². The molecule has 2 heterocycles. The van der Waals surface area contributed by atoms with E-state index in [0.717, 1.165) is 28.4 Å². The minimum atomic E-state index is -4.39. The highest BCUT2D eigenvalue weighted by Gasteiger charge is 2.36. The Labute approximate surface area is 139 Å². The number of alkyl halides is 3. The Hall–Kier alpha value is -2.42. The summed E-state index contributed by atoms with van der Waals surface area (Å²) in [5, 5.41) is 0.233. The van der Waals surface area contributed by atoms with Gasteiger partial charge >= 0.3 is 12.2 Å². The van der Waals surface area contributed by atoms with Crippen LogP contribution in [0.15, 0.2) is 30.5 Å². The number of aromatic nitrogens is 1. The van der Waals surface area contributed by atoms with Crippen LogP contribution in [0.5, 0.6) is 0 Å². The van der Waals surface area contributed by atoms with Crippen molar-refractivity contribution in [1.82, 2.24) is 9.88 Å².